The Hall–Kier alpha value is -1.83. The van der Waals surface area contributed by atoms with E-state index in [1.165, 1.54) is 0 Å². The van der Waals surface area contributed by atoms with E-state index in [0.29, 0.717) is 32.1 Å². The second kappa shape index (κ2) is 5.61. The van der Waals surface area contributed by atoms with E-state index >= 15 is 0 Å². The Morgan fingerprint density at radius 2 is 1.96 bits per heavy atom. The highest BCUT2D eigenvalue weighted by Crippen LogP contribution is 2.45. The van der Waals surface area contributed by atoms with Gasteiger partial charge in [-0.3, -0.25) is 4.79 Å². The number of amides is 1. The summed E-state index contributed by atoms with van der Waals surface area (Å²) in [6.45, 7) is 1.44. The average molecular weight is 339 g/mol. The lowest BCUT2D eigenvalue weighted by Crippen LogP contribution is -2.69. The number of hydrogen-bond donors (Lipinski definition) is 0. The fourth-order valence-corrected chi connectivity index (χ4v) is 3.70. The van der Waals surface area contributed by atoms with Crippen LogP contribution in [0, 0.1) is 5.92 Å². The first-order chi connectivity index (χ1) is 11.4. The van der Waals surface area contributed by atoms with Crippen LogP contribution in [0.5, 0.6) is 6.01 Å². The first-order valence-electron chi connectivity index (χ1n) is 8.19. The largest absolute Gasteiger partial charge is 0.460 e. The van der Waals surface area contributed by atoms with Gasteiger partial charge in [0.2, 0.25) is 11.8 Å². The third kappa shape index (κ3) is 2.94. The van der Waals surface area contributed by atoms with Gasteiger partial charge < -0.3 is 14.4 Å². The lowest BCUT2D eigenvalue weighted by molar-refractivity contribution is -0.204. The molecule has 0 unspecified atom stereocenters. The molecule has 2 saturated heterocycles. The summed E-state index contributed by atoms with van der Waals surface area (Å²) in [7, 11) is 0. The maximum atomic E-state index is 12.9. The number of nitrogens with zero attached hydrogens (tertiary/aromatic N) is 3. The minimum Gasteiger partial charge on any atom is -0.460 e. The van der Waals surface area contributed by atoms with Crippen molar-refractivity contribution in [3.05, 3.63) is 18.5 Å². The molecule has 3 heterocycles. The van der Waals surface area contributed by atoms with Crippen molar-refractivity contribution in [3.63, 3.8) is 0 Å². The van der Waals surface area contributed by atoms with Gasteiger partial charge in [0, 0.05) is 44.0 Å². The molecule has 6 nitrogen and oxygen atoms in total. The molecule has 1 aromatic rings. The minimum absolute atomic E-state index is 0.0635. The van der Waals surface area contributed by atoms with E-state index in [1.54, 1.807) is 23.4 Å². The predicted octanol–water partition coefficient (Wildman–Crippen LogP) is 1.66. The van der Waals surface area contributed by atoms with Crippen molar-refractivity contribution in [2.24, 2.45) is 5.92 Å². The van der Waals surface area contributed by atoms with Gasteiger partial charge >= 0.3 is 6.01 Å². The van der Waals surface area contributed by atoms with Gasteiger partial charge in [-0.05, 0) is 6.07 Å². The summed E-state index contributed by atoms with van der Waals surface area (Å²) in [5.41, 5.74) is -0.417. The zero-order valence-electron chi connectivity index (χ0n) is 13.2. The summed E-state index contributed by atoms with van der Waals surface area (Å²) in [6.07, 6.45) is 3.91. The zero-order chi connectivity index (χ0) is 16.8. The molecule has 1 aromatic heterocycles. The standard InChI is InChI=1S/C16H19F2N3O3/c17-16(18)6-11(7-16)13(22)21-9-15(10-21)8-12(2-5-23-15)24-14-19-3-1-4-20-14/h1,3-4,11-12H,2,5-10H2/t12-/m1/s1. The van der Waals surface area contributed by atoms with Gasteiger partial charge in [-0.1, -0.05) is 0 Å². The monoisotopic (exact) mass is 339 g/mol. The second-order valence-electron chi connectivity index (χ2n) is 6.95. The molecule has 1 atom stereocenters. The normalized spacial score (nSPS) is 28.1. The van der Waals surface area contributed by atoms with Crippen LogP contribution in [0.25, 0.3) is 0 Å². The van der Waals surface area contributed by atoms with Crippen molar-refractivity contribution in [2.45, 2.75) is 43.3 Å². The lowest BCUT2D eigenvalue weighted by Gasteiger charge is -2.54. The van der Waals surface area contributed by atoms with Crippen LogP contribution < -0.4 is 4.74 Å². The Bertz CT molecular complexity index is 614. The van der Waals surface area contributed by atoms with Crippen LogP contribution in [0.1, 0.15) is 25.7 Å². The van der Waals surface area contributed by atoms with Crippen LogP contribution in [0.15, 0.2) is 18.5 Å². The van der Waals surface area contributed by atoms with Crippen LogP contribution in [0.3, 0.4) is 0 Å². The molecule has 0 radical (unpaired) electrons. The van der Waals surface area contributed by atoms with Gasteiger partial charge in [0.1, 0.15) is 11.7 Å². The zero-order valence-corrected chi connectivity index (χ0v) is 13.2. The summed E-state index contributed by atoms with van der Waals surface area (Å²) in [4.78, 5) is 21.9. The number of carbonyl (C=O) groups excluding carboxylic acids is 1. The van der Waals surface area contributed by atoms with Gasteiger partial charge in [0.05, 0.1) is 19.7 Å². The molecule has 1 amide bonds. The van der Waals surface area contributed by atoms with Crippen LogP contribution in [0.4, 0.5) is 8.78 Å². The summed E-state index contributed by atoms with van der Waals surface area (Å²) >= 11 is 0. The molecule has 1 spiro atoms. The Morgan fingerprint density at radius 1 is 1.25 bits per heavy atom. The number of rotatable bonds is 3. The highest BCUT2D eigenvalue weighted by molar-refractivity contribution is 5.81. The van der Waals surface area contributed by atoms with Gasteiger partial charge in [0.25, 0.3) is 0 Å². The summed E-state index contributed by atoms with van der Waals surface area (Å²) < 4.78 is 37.5. The first kappa shape index (κ1) is 15.7. The molecule has 0 aromatic carbocycles. The van der Waals surface area contributed by atoms with E-state index in [9.17, 15) is 13.6 Å². The molecule has 4 rings (SSSR count). The molecular formula is C16H19F2N3O3. The van der Waals surface area contributed by atoms with Gasteiger partial charge in [-0.2, -0.15) is 0 Å². The van der Waals surface area contributed by atoms with Crippen molar-refractivity contribution >= 4 is 5.91 Å². The van der Waals surface area contributed by atoms with Gasteiger partial charge in [-0.15, -0.1) is 0 Å². The van der Waals surface area contributed by atoms with E-state index in [4.69, 9.17) is 9.47 Å². The van der Waals surface area contributed by atoms with Crippen molar-refractivity contribution in [2.75, 3.05) is 19.7 Å². The number of alkyl halides is 2. The van der Waals surface area contributed by atoms with Crippen molar-refractivity contribution in [3.8, 4) is 6.01 Å². The van der Waals surface area contributed by atoms with Crippen LogP contribution >= 0.6 is 0 Å². The molecular weight excluding hydrogens is 320 g/mol. The molecule has 3 aliphatic rings. The number of hydrogen-bond acceptors (Lipinski definition) is 5. The molecule has 130 valence electrons. The SMILES string of the molecule is O=C(C1CC(F)(F)C1)N1CC2(C[C@H](Oc3ncccn3)CCO2)C1. The fourth-order valence-electron chi connectivity index (χ4n) is 3.70. The summed E-state index contributed by atoms with van der Waals surface area (Å²) in [5, 5.41) is 0. The molecule has 2 aliphatic heterocycles. The third-order valence-electron chi connectivity index (χ3n) is 4.97. The molecule has 3 fully saturated rings. The molecule has 0 bridgehead atoms. The Labute approximate surface area is 138 Å². The number of carbonyl (C=O) groups is 1. The third-order valence-corrected chi connectivity index (χ3v) is 4.97. The molecule has 0 N–H and O–H groups in total. The molecule has 1 saturated carbocycles. The predicted molar refractivity (Wildman–Crippen MR) is 78.6 cm³/mol. The Balaban J connectivity index is 1.30. The van der Waals surface area contributed by atoms with Crippen molar-refractivity contribution < 1.29 is 23.0 Å². The van der Waals surface area contributed by atoms with E-state index in [-0.39, 0.29) is 24.9 Å². The minimum atomic E-state index is -2.67. The number of likely N-dealkylation sites (tertiary alicyclic amines) is 1. The number of ether oxygens (including phenoxy) is 2. The van der Waals surface area contributed by atoms with Crippen LogP contribution in [-0.2, 0) is 9.53 Å². The van der Waals surface area contributed by atoms with Crippen LogP contribution in [0.2, 0.25) is 0 Å². The van der Waals surface area contributed by atoms with Crippen molar-refractivity contribution in [1.29, 1.82) is 0 Å². The fraction of sp³-hybridized carbons (Fsp3) is 0.688. The maximum Gasteiger partial charge on any atom is 0.316 e. The first-order valence-corrected chi connectivity index (χ1v) is 8.19. The van der Waals surface area contributed by atoms with Gasteiger partial charge in [-0.25, -0.2) is 18.7 Å². The summed E-state index contributed by atoms with van der Waals surface area (Å²) in [6, 6.07) is 2.06. The van der Waals surface area contributed by atoms with E-state index in [2.05, 4.69) is 9.97 Å². The second-order valence-corrected chi connectivity index (χ2v) is 6.95. The lowest BCUT2D eigenvalue weighted by atomic mass is 9.77. The molecule has 8 heteroatoms. The highest BCUT2D eigenvalue weighted by atomic mass is 19.3. The Kier molecular flexibility index (Phi) is 3.67. The number of halogens is 2. The summed E-state index contributed by atoms with van der Waals surface area (Å²) in [5.74, 6) is -3.38. The van der Waals surface area contributed by atoms with E-state index in [0.717, 1.165) is 6.42 Å². The number of aromatic nitrogens is 2. The topological polar surface area (TPSA) is 64.6 Å². The van der Waals surface area contributed by atoms with E-state index < -0.39 is 17.4 Å². The van der Waals surface area contributed by atoms with Crippen molar-refractivity contribution in [1.82, 2.24) is 14.9 Å². The quantitative estimate of drug-likeness (QED) is 0.838. The maximum absolute atomic E-state index is 12.9. The molecule has 24 heavy (non-hydrogen) atoms. The van der Waals surface area contributed by atoms with E-state index in [1.807, 2.05) is 0 Å². The van der Waals surface area contributed by atoms with Gasteiger partial charge in [0.15, 0.2) is 0 Å². The van der Waals surface area contributed by atoms with Crippen LogP contribution in [-0.4, -0.2) is 58.1 Å². The molecule has 1 aliphatic carbocycles. The smallest absolute Gasteiger partial charge is 0.316 e. The Morgan fingerprint density at radius 3 is 2.62 bits per heavy atom. The highest BCUT2D eigenvalue weighted by Gasteiger charge is 2.55. The average Bonchev–Trinajstić information content (AvgIpc) is 2.51.